The summed E-state index contributed by atoms with van der Waals surface area (Å²) in [5.74, 6) is 2.15. The number of hydrogen-bond acceptors (Lipinski definition) is 2. The summed E-state index contributed by atoms with van der Waals surface area (Å²) in [4.78, 5) is 14.6. The number of hydrogen-bond donors (Lipinski definition) is 0. The minimum atomic E-state index is 0.328. The van der Waals surface area contributed by atoms with Crippen LogP contribution in [0.3, 0.4) is 0 Å². The van der Waals surface area contributed by atoms with E-state index in [1.54, 1.807) is 7.11 Å². The molecule has 2 atom stereocenters. The summed E-state index contributed by atoms with van der Waals surface area (Å²) < 4.78 is 5.23. The number of likely N-dealkylation sites (tertiary alicyclic amines) is 1. The second-order valence-electron chi connectivity index (χ2n) is 6.52. The number of amides is 1. The SMILES string of the molecule is CCC(C)CC(=O)N1CCCCC(c2ccc(OC)cc2)C1. The second kappa shape index (κ2) is 8.21. The van der Waals surface area contributed by atoms with E-state index < -0.39 is 0 Å². The fourth-order valence-electron chi connectivity index (χ4n) is 3.09. The molecule has 22 heavy (non-hydrogen) atoms. The number of nitrogens with zero attached hydrogens (tertiary/aromatic N) is 1. The molecule has 0 aromatic heterocycles. The summed E-state index contributed by atoms with van der Waals surface area (Å²) in [5.41, 5.74) is 1.32. The molecule has 1 fully saturated rings. The van der Waals surface area contributed by atoms with E-state index in [1.807, 2.05) is 12.1 Å². The van der Waals surface area contributed by atoms with Crippen LogP contribution in [0, 0.1) is 5.92 Å². The molecule has 1 aromatic carbocycles. The van der Waals surface area contributed by atoms with Gasteiger partial charge in [0.15, 0.2) is 0 Å². The van der Waals surface area contributed by atoms with Crippen molar-refractivity contribution in [2.45, 2.75) is 51.9 Å². The molecular weight excluding hydrogens is 274 g/mol. The van der Waals surface area contributed by atoms with Gasteiger partial charge < -0.3 is 9.64 Å². The molecule has 0 radical (unpaired) electrons. The molecule has 122 valence electrons. The van der Waals surface area contributed by atoms with Crippen molar-refractivity contribution < 1.29 is 9.53 Å². The lowest BCUT2D eigenvalue weighted by molar-refractivity contribution is -0.132. The lowest BCUT2D eigenvalue weighted by Crippen LogP contribution is -2.34. The minimum absolute atomic E-state index is 0.328. The average molecular weight is 303 g/mol. The van der Waals surface area contributed by atoms with Crippen molar-refractivity contribution in [1.82, 2.24) is 4.90 Å². The molecule has 3 heteroatoms. The van der Waals surface area contributed by atoms with Crippen LogP contribution >= 0.6 is 0 Å². The van der Waals surface area contributed by atoms with Crippen LogP contribution in [-0.4, -0.2) is 31.0 Å². The Kier molecular flexibility index (Phi) is 6.29. The summed E-state index contributed by atoms with van der Waals surface area (Å²) >= 11 is 0. The van der Waals surface area contributed by atoms with Gasteiger partial charge in [0.1, 0.15) is 5.75 Å². The Morgan fingerprint density at radius 1 is 1.32 bits per heavy atom. The first-order valence-electron chi connectivity index (χ1n) is 8.55. The zero-order chi connectivity index (χ0) is 15.9. The zero-order valence-electron chi connectivity index (χ0n) is 14.2. The van der Waals surface area contributed by atoms with Crippen molar-refractivity contribution in [3.05, 3.63) is 29.8 Å². The van der Waals surface area contributed by atoms with Crippen LogP contribution in [0.4, 0.5) is 0 Å². The van der Waals surface area contributed by atoms with Crippen LogP contribution in [0.15, 0.2) is 24.3 Å². The van der Waals surface area contributed by atoms with E-state index in [1.165, 1.54) is 18.4 Å². The highest BCUT2D eigenvalue weighted by Gasteiger charge is 2.23. The molecule has 0 aliphatic carbocycles. The van der Waals surface area contributed by atoms with Gasteiger partial charge in [0, 0.05) is 25.4 Å². The van der Waals surface area contributed by atoms with E-state index in [4.69, 9.17) is 4.74 Å². The molecule has 0 N–H and O–H groups in total. The first kappa shape index (κ1) is 16.9. The van der Waals surface area contributed by atoms with Crippen molar-refractivity contribution in [2.24, 2.45) is 5.92 Å². The van der Waals surface area contributed by atoms with Gasteiger partial charge in [0.25, 0.3) is 0 Å². The van der Waals surface area contributed by atoms with Crippen LogP contribution in [0.1, 0.15) is 57.4 Å². The maximum Gasteiger partial charge on any atom is 0.222 e. The van der Waals surface area contributed by atoms with Gasteiger partial charge in [-0.05, 0) is 36.5 Å². The molecule has 1 heterocycles. The number of rotatable bonds is 5. The van der Waals surface area contributed by atoms with Crippen LogP contribution in [0.2, 0.25) is 0 Å². The standard InChI is InChI=1S/C19H29NO2/c1-4-15(2)13-19(21)20-12-6-5-7-17(14-20)16-8-10-18(22-3)11-9-16/h8-11,15,17H,4-7,12-14H2,1-3H3. The van der Waals surface area contributed by atoms with Gasteiger partial charge in [-0.1, -0.05) is 38.8 Å². The van der Waals surface area contributed by atoms with Gasteiger partial charge >= 0.3 is 0 Å². The third-order valence-electron chi connectivity index (χ3n) is 4.83. The Morgan fingerprint density at radius 2 is 2.05 bits per heavy atom. The van der Waals surface area contributed by atoms with Crippen molar-refractivity contribution in [1.29, 1.82) is 0 Å². The molecule has 0 spiro atoms. The summed E-state index contributed by atoms with van der Waals surface area (Å²) in [5, 5.41) is 0. The average Bonchev–Trinajstić information content (AvgIpc) is 2.81. The minimum Gasteiger partial charge on any atom is -0.497 e. The van der Waals surface area contributed by atoms with Crippen molar-refractivity contribution in [3.63, 3.8) is 0 Å². The molecular formula is C19H29NO2. The molecule has 1 aliphatic rings. The molecule has 2 rings (SSSR count). The normalized spacial score (nSPS) is 20.3. The predicted octanol–water partition coefficient (Wildman–Crippen LogP) is 4.23. The predicted molar refractivity (Wildman–Crippen MR) is 90.2 cm³/mol. The first-order valence-corrected chi connectivity index (χ1v) is 8.55. The highest BCUT2D eigenvalue weighted by molar-refractivity contribution is 5.76. The molecule has 0 saturated carbocycles. The van der Waals surface area contributed by atoms with Gasteiger partial charge in [-0.15, -0.1) is 0 Å². The Balaban J connectivity index is 2.03. The molecule has 1 aromatic rings. The monoisotopic (exact) mass is 303 g/mol. The molecule has 0 bridgehead atoms. The largest absolute Gasteiger partial charge is 0.497 e. The maximum absolute atomic E-state index is 12.5. The van der Waals surface area contributed by atoms with E-state index in [9.17, 15) is 4.79 Å². The van der Waals surface area contributed by atoms with E-state index in [2.05, 4.69) is 30.9 Å². The summed E-state index contributed by atoms with van der Waals surface area (Å²) in [6.45, 7) is 6.10. The van der Waals surface area contributed by atoms with Crippen LogP contribution in [0.5, 0.6) is 5.75 Å². The Morgan fingerprint density at radius 3 is 2.68 bits per heavy atom. The number of methoxy groups -OCH3 is 1. The first-order chi connectivity index (χ1) is 10.6. The molecule has 3 nitrogen and oxygen atoms in total. The van der Waals surface area contributed by atoms with Gasteiger partial charge in [0.2, 0.25) is 5.91 Å². The van der Waals surface area contributed by atoms with Crippen molar-refractivity contribution in [3.8, 4) is 5.75 Å². The van der Waals surface area contributed by atoms with Gasteiger partial charge in [-0.2, -0.15) is 0 Å². The van der Waals surface area contributed by atoms with Gasteiger partial charge in [0.05, 0.1) is 7.11 Å². The highest BCUT2D eigenvalue weighted by Crippen LogP contribution is 2.28. The summed E-state index contributed by atoms with van der Waals surface area (Å²) in [7, 11) is 1.69. The summed E-state index contributed by atoms with van der Waals surface area (Å²) in [6, 6.07) is 8.33. The van der Waals surface area contributed by atoms with Gasteiger partial charge in [-0.3, -0.25) is 4.79 Å². The number of benzene rings is 1. The van der Waals surface area contributed by atoms with Crippen LogP contribution in [-0.2, 0) is 4.79 Å². The second-order valence-corrected chi connectivity index (χ2v) is 6.52. The van der Waals surface area contributed by atoms with Crippen LogP contribution < -0.4 is 4.74 Å². The number of carbonyl (C=O) groups excluding carboxylic acids is 1. The number of carbonyl (C=O) groups is 1. The quantitative estimate of drug-likeness (QED) is 0.814. The molecule has 1 saturated heterocycles. The maximum atomic E-state index is 12.5. The van der Waals surface area contributed by atoms with E-state index in [0.717, 1.165) is 31.7 Å². The van der Waals surface area contributed by atoms with E-state index in [0.29, 0.717) is 24.2 Å². The molecule has 1 amide bonds. The van der Waals surface area contributed by atoms with Crippen molar-refractivity contribution >= 4 is 5.91 Å². The third kappa shape index (κ3) is 4.49. The van der Waals surface area contributed by atoms with Crippen LogP contribution in [0.25, 0.3) is 0 Å². The zero-order valence-corrected chi connectivity index (χ0v) is 14.2. The third-order valence-corrected chi connectivity index (χ3v) is 4.83. The van der Waals surface area contributed by atoms with E-state index in [-0.39, 0.29) is 0 Å². The highest BCUT2D eigenvalue weighted by atomic mass is 16.5. The Bertz CT molecular complexity index is 469. The Hall–Kier alpha value is -1.51. The van der Waals surface area contributed by atoms with Gasteiger partial charge in [-0.25, -0.2) is 0 Å². The molecule has 2 unspecified atom stereocenters. The smallest absolute Gasteiger partial charge is 0.222 e. The molecule has 1 aliphatic heterocycles. The lowest BCUT2D eigenvalue weighted by Gasteiger charge is -2.26. The fraction of sp³-hybridized carbons (Fsp3) is 0.632. The topological polar surface area (TPSA) is 29.5 Å². The van der Waals surface area contributed by atoms with Crippen molar-refractivity contribution in [2.75, 3.05) is 20.2 Å². The Labute approximate surface area is 134 Å². The number of ether oxygens (including phenoxy) is 1. The fourth-order valence-corrected chi connectivity index (χ4v) is 3.09. The lowest BCUT2D eigenvalue weighted by atomic mass is 9.94. The van der Waals surface area contributed by atoms with E-state index >= 15 is 0 Å². The summed E-state index contributed by atoms with van der Waals surface area (Å²) in [6.07, 6.45) is 5.25.